The Balaban J connectivity index is 1.46. The largest absolute Gasteiger partial charge is 0.497 e. The van der Waals surface area contributed by atoms with Gasteiger partial charge >= 0.3 is 0 Å². The van der Waals surface area contributed by atoms with Gasteiger partial charge in [0, 0.05) is 5.75 Å². The molecule has 4 bridgehead atoms. The fourth-order valence-corrected chi connectivity index (χ4v) is 7.17. The zero-order valence-corrected chi connectivity index (χ0v) is 16.1. The van der Waals surface area contributed by atoms with Crippen molar-refractivity contribution in [3.05, 3.63) is 29.8 Å². The number of carbonyl (C=O) groups excluding carboxylic acids is 1. The highest BCUT2D eigenvalue weighted by Crippen LogP contribution is 2.65. The molecule has 0 aromatic heterocycles. The van der Waals surface area contributed by atoms with Crippen LogP contribution < -0.4 is 10.1 Å². The van der Waals surface area contributed by atoms with Crippen LogP contribution in [0.2, 0.25) is 0 Å². The third-order valence-electron chi connectivity index (χ3n) is 7.05. The Morgan fingerprint density at radius 1 is 1.19 bits per heavy atom. The lowest BCUT2D eigenvalue weighted by Crippen LogP contribution is -2.59. The molecule has 0 spiro atoms. The highest BCUT2D eigenvalue weighted by atomic mass is 32.2. The maximum atomic E-state index is 13.3. The van der Waals surface area contributed by atoms with Gasteiger partial charge in [-0.2, -0.15) is 0 Å². The number of aliphatic imine (C=N–C) groups is 1. The summed E-state index contributed by atoms with van der Waals surface area (Å²) in [6.45, 7) is 0.828. The SMILES string of the molecule is COc1ccc(C23C[C@H]4C[C@@H](CC(C(=O)NC5=NCCS5)(C4)C2)C3)cc1. The van der Waals surface area contributed by atoms with E-state index < -0.39 is 0 Å². The van der Waals surface area contributed by atoms with Gasteiger partial charge < -0.3 is 10.1 Å². The summed E-state index contributed by atoms with van der Waals surface area (Å²) in [4.78, 5) is 17.7. The Morgan fingerprint density at radius 2 is 1.92 bits per heavy atom. The Kier molecular flexibility index (Phi) is 3.85. The third kappa shape index (κ3) is 2.58. The first kappa shape index (κ1) is 16.7. The predicted molar refractivity (Wildman–Crippen MR) is 105 cm³/mol. The number of nitrogens with zero attached hydrogens (tertiary/aromatic N) is 1. The van der Waals surface area contributed by atoms with Crippen LogP contribution >= 0.6 is 11.8 Å². The molecule has 0 radical (unpaired) electrons. The molecule has 4 aliphatic carbocycles. The minimum absolute atomic E-state index is 0.165. The minimum Gasteiger partial charge on any atom is -0.497 e. The van der Waals surface area contributed by atoms with Crippen LogP contribution in [0.5, 0.6) is 5.75 Å². The van der Waals surface area contributed by atoms with E-state index in [-0.39, 0.29) is 16.7 Å². The van der Waals surface area contributed by atoms with Gasteiger partial charge in [0.1, 0.15) is 5.75 Å². The second kappa shape index (κ2) is 6.01. The lowest BCUT2D eigenvalue weighted by molar-refractivity contribution is -0.147. The summed E-state index contributed by atoms with van der Waals surface area (Å²) in [5.74, 6) is 3.49. The van der Waals surface area contributed by atoms with Gasteiger partial charge in [0.15, 0.2) is 5.17 Å². The zero-order chi connectivity index (χ0) is 17.8. The van der Waals surface area contributed by atoms with Crippen LogP contribution in [0.1, 0.15) is 44.1 Å². The standard InChI is InChI=1S/C21H26N2O2S/c1-25-17-4-2-16(3-5-17)20-9-14-8-15(10-20)12-21(11-14,13-20)18(24)23-19-22-6-7-26-19/h2-5,14-15H,6-13H2,1H3,(H,22,23,24)/t14-,15-,20?,21?/m1/s1. The number of hydrogen-bond acceptors (Lipinski definition) is 4. The topological polar surface area (TPSA) is 50.7 Å². The highest BCUT2D eigenvalue weighted by molar-refractivity contribution is 8.14. The molecular formula is C21H26N2O2S. The normalized spacial score (nSPS) is 37.5. The van der Waals surface area contributed by atoms with Gasteiger partial charge in [-0.3, -0.25) is 9.79 Å². The van der Waals surface area contributed by atoms with Crippen molar-refractivity contribution in [3.8, 4) is 5.75 Å². The summed E-state index contributed by atoms with van der Waals surface area (Å²) in [5.41, 5.74) is 1.37. The summed E-state index contributed by atoms with van der Waals surface area (Å²) in [6.07, 6.45) is 6.89. The fraction of sp³-hybridized carbons (Fsp3) is 0.619. The quantitative estimate of drug-likeness (QED) is 0.881. The van der Waals surface area contributed by atoms with Crippen molar-refractivity contribution in [2.45, 2.75) is 43.9 Å². The van der Waals surface area contributed by atoms with E-state index in [2.05, 4.69) is 34.6 Å². The van der Waals surface area contributed by atoms with Crippen molar-refractivity contribution in [1.82, 2.24) is 5.32 Å². The van der Waals surface area contributed by atoms with E-state index in [1.54, 1.807) is 18.9 Å². The summed E-state index contributed by atoms with van der Waals surface area (Å²) in [5, 5.41) is 4.01. The number of hydrogen-bond donors (Lipinski definition) is 1. The van der Waals surface area contributed by atoms with Crippen LogP contribution in [0.15, 0.2) is 29.3 Å². The Morgan fingerprint density at radius 3 is 2.54 bits per heavy atom. The molecule has 5 aliphatic rings. The molecule has 5 heteroatoms. The molecule has 26 heavy (non-hydrogen) atoms. The average Bonchev–Trinajstić information content (AvgIpc) is 3.14. The second-order valence-corrected chi connectivity index (χ2v) is 9.82. The second-order valence-electron chi connectivity index (χ2n) is 8.74. The molecule has 6 rings (SSSR count). The number of carbonyl (C=O) groups is 1. The number of rotatable bonds is 3. The highest BCUT2D eigenvalue weighted by Gasteiger charge is 2.61. The maximum Gasteiger partial charge on any atom is 0.232 e. The molecular weight excluding hydrogens is 344 g/mol. The van der Waals surface area contributed by atoms with Gasteiger partial charge in [-0.1, -0.05) is 23.9 Å². The molecule has 1 aromatic carbocycles. The van der Waals surface area contributed by atoms with E-state index in [1.165, 1.54) is 24.8 Å². The molecule has 1 aliphatic heterocycles. The smallest absolute Gasteiger partial charge is 0.232 e. The Hall–Kier alpha value is -1.49. The fourth-order valence-electron chi connectivity index (χ4n) is 6.45. The maximum absolute atomic E-state index is 13.3. The summed E-state index contributed by atoms with van der Waals surface area (Å²) in [7, 11) is 1.71. The van der Waals surface area contributed by atoms with E-state index in [4.69, 9.17) is 4.74 Å². The number of amides is 1. The van der Waals surface area contributed by atoms with Gasteiger partial charge in [-0.25, -0.2) is 0 Å². The van der Waals surface area contributed by atoms with Crippen molar-refractivity contribution in [2.75, 3.05) is 19.4 Å². The summed E-state index contributed by atoms with van der Waals surface area (Å²) < 4.78 is 5.34. The number of methoxy groups -OCH3 is 1. The van der Waals surface area contributed by atoms with Crippen LogP contribution in [0, 0.1) is 17.3 Å². The number of amidine groups is 1. The molecule has 0 unspecified atom stereocenters. The van der Waals surface area contributed by atoms with Crippen molar-refractivity contribution in [2.24, 2.45) is 22.2 Å². The van der Waals surface area contributed by atoms with Crippen molar-refractivity contribution in [1.29, 1.82) is 0 Å². The zero-order valence-electron chi connectivity index (χ0n) is 15.3. The van der Waals surface area contributed by atoms with Crippen LogP contribution in [-0.4, -0.2) is 30.5 Å². The predicted octanol–water partition coefficient (Wildman–Crippen LogP) is 3.75. The molecule has 0 saturated heterocycles. The van der Waals surface area contributed by atoms with Crippen LogP contribution in [0.4, 0.5) is 0 Å². The van der Waals surface area contributed by atoms with E-state index in [1.807, 2.05) is 0 Å². The van der Waals surface area contributed by atoms with E-state index in [0.717, 1.165) is 42.5 Å². The van der Waals surface area contributed by atoms with E-state index in [9.17, 15) is 4.79 Å². The van der Waals surface area contributed by atoms with Gasteiger partial charge in [0.2, 0.25) is 5.91 Å². The van der Waals surface area contributed by atoms with Crippen LogP contribution in [0.3, 0.4) is 0 Å². The van der Waals surface area contributed by atoms with Gasteiger partial charge in [-0.15, -0.1) is 0 Å². The first-order chi connectivity index (χ1) is 12.6. The molecule has 1 N–H and O–H groups in total. The summed E-state index contributed by atoms with van der Waals surface area (Å²) in [6, 6.07) is 8.61. The Labute approximate surface area is 159 Å². The lowest BCUT2D eigenvalue weighted by Gasteiger charge is -2.61. The molecule has 4 nitrogen and oxygen atoms in total. The molecule has 2 atom stereocenters. The molecule has 138 valence electrons. The first-order valence-corrected chi connectivity index (χ1v) is 10.7. The lowest BCUT2D eigenvalue weighted by atomic mass is 9.42. The van der Waals surface area contributed by atoms with Gasteiger partial charge in [0.05, 0.1) is 19.1 Å². The van der Waals surface area contributed by atoms with Crippen molar-refractivity contribution >= 4 is 22.8 Å². The minimum atomic E-state index is -0.199. The average molecular weight is 371 g/mol. The molecule has 4 saturated carbocycles. The van der Waals surface area contributed by atoms with E-state index in [0.29, 0.717) is 11.8 Å². The van der Waals surface area contributed by atoms with Gasteiger partial charge in [0.25, 0.3) is 0 Å². The Bertz CT molecular complexity index is 744. The van der Waals surface area contributed by atoms with Crippen LogP contribution in [-0.2, 0) is 10.2 Å². The first-order valence-electron chi connectivity index (χ1n) is 9.74. The number of thioether (sulfide) groups is 1. The van der Waals surface area contributed by atoms with Crippen molar-refractivity contribution in [3.63, 3.8) is 0 Å². The third-order valence-corrected chi connectivity index (χ3v) is 7.94. The van der Waals surface area contributed by atoms with Gasteiger partial charge in [-0.05, 0) is 73.5 Å². The van der Waals surface area contributed by atoms with Crippen LogP contribution in [0.25, 0.3) is 0 Å². The van der Waals surface area contributed by atoms with Crippen molar-refractivity contribution < 1.29 is 9.53 Å². The monoisotopic (exact) mass is 370 g/mol. The number of ether oxygens (including phenoxy) is 1. The summed E-state index contributed by atoms with van der Waals surface area (Å²) >= 11 is 1.68. The van der Waals surface area contributed by atoms with E-state index >= 15 is 0 Å². The molecule has 4 fully saturated rings. The molecule has 1 heterocycles. The molecule has 1 aromatic rings. The molecule has 1 amide bonds. The number of nitrogens with one attached hydrogen (secondary N) is 1. The number of benzene rings is 1.